The third-order valence-corrected chi connectivity index (χ3v) is 6.80. The van der Waals surface area contributed by atoms with Crippen LogP contribution < -0.4 is 20.3 Å². The Hall–Kier alpha value is -3.19. The molecule has 2 aliphatic heterocycles. The highest BCUT2D eigenvalue weighted by Gasteiger charge is 2.23. The average molecular weight is 448 g/mol. The first-order valence-electron chi connectivity index (χ1n) is 12.1. The van der Waals surface area contributed by atoms with E-state index in [1.807, 2.05) is 30.3 Å². The number of H-pyrrole nitrogens is 1. The molecule has 0 atom stereocenters. The van der Waals surface area contributed by atoms with Gasteiger partial charge in [-0.1, -0.05) is 30.3 Å². The molecule has 2 amide bonds. The van der Waals surface area contributed by atoms with Crippen LogP contribution >= 0.6 is 0 Å². The molecule has 0 radical (unpaired) electrons. The first-order valence-corrected chi connectivity index (χ1v) is 12.1. The van der Waals surface area contributed by atoms with Crippen molar-refractivity contribution in [3.05, 3.63) is 54.1 Å². The lowest BCUT2D eigenvalue weighted by molar-refractivity contribution is 0.247. The zero-order valence-corrected chi connectivity index (χ0v) is 19.1. The van der Waals surface area contributed by atoms with E-state index in [0.717, 1.165) is 87.5 Å². The van der Waals surface area contributed by atoms with Crippen molar-refractivity contribution < 1.29 is 9.53 Å². The Morgan fingerprint density at radius 2 is 1.91 bits per heavy atom. The molecule has 0 spiro atoms. The number of anilines is 2. The van der Waals surface area contributed by atoms with E-state index in [1.165, 1.54) is 11.3 Å². The Labute approximate surface area is 195 Å². The monoisotopic (exact) mass is 447 g/mol. The second-order valence-electron chi connectivity index (χ2n) is 8.98. The van der Waals surface area contributed by atoms with Crippen LogP contribution in [0.5, 0.6) is 5.75 Å². The molecule has 2 aromatic carbocycles. The Balaban J connectivity index is 1.10. The lowest BCUT2D eigenvalue weighted by atomic mass is 10.0. The summed E-state index contributed by atoms with van der Waals surface area (Å²) in [6.07, 6.45) is 4.17. The third-order valence-electron chi connectivity index (χ3n) is 6.80. The topological polar surface area (TPSA) is 77.8 Å². The van der Waals surface area contributed by atoms with E-state index >= 15 is 0 Å². The first kappa shape index (κ1) is 21.6. The van der Waals surface area contributed by atoms with E-state index in [2.05, 4.69) is 33.0 Å². The number of nitrogens with one attached hydrogen (secondary N) is 1. The predicted molar refractivity (Wildman–Crippen MR) is 133 cm³/mol. The number of carbonyl (C=O) groups excluding carboxylic acids is 1. The Kier molecular flexibility index (Phi) is 6.39. The minimum absolute atomic E-state index is 0.413. The fourth-order valence-corrected chi connectivity index (χ4v) is 4.99. The van der Waals surface area contributed by atoms with Gasteiger partial charge in [-0.2, -0.15) is 0 Å². The predicted octanol–water partition coefficient (Wildman–Crippen LogP) is 3.98. The lowest BCUT2D eigenvalue weighted by Gasteiger charge is -2.37. The molecule has 0 saturated carbocycles. The van der Waals surface area contributed by atoms with E-state index in [9.17, 15) is 4.79 Å². The highest BCUT2D eigenvalue weighted by Crippen LogP contribution is 2.36. The number of nitrogens with zero attached hydrogens (tertiary/aromatic N) is 3. The molecule has 0 bridgehead atoms. The van der Waals surface area contributed by atoms with Gasteiger partial charge in [0.2, 0.25) is 0 Å². The van der Waals surface area contributed by atoms with Crippen LogP contribution in [-0.4, -0.2) is 61.8 Å². The summed E-state index contributed by atoms with van der Waals surface area (Å²) in [6, 6.07) is 16.1. The number of para-hydroxylation sites is 2. The van der Waals surface area contributed by atoms with Gasteiger partial charge >= 0.3 is 6.03 Å². The summed E-state index contributed by atoms with van der Waals surface area (Å²) in [7, 11) is 0. The van der Waals surface area contributed by atoms with Crippen molar-refractivity contribution in [1.82, 2.24) is 9.88 Å². The molecule has 33 heavy (non-hydrogen) atoms. The second-order valence-corrected chi connectivity index (χ2v) is 8.98. The summed E-state index contributed by atoms with van der Waals surface area (Å²) in [5.41, 5.74) is 9.29. The number of amides is 2. The number of fused-ring (bicyclic) bond motifs is 2. The third kappa shape index (κ3) is 4.78. The van der Waals surface area contributed by atoms with Gasteiger partial charge in [0.15, 0.2) is 0 Å². The number of urea groups is 1. The van der Waals surface area contributed by atoms with Crippen LogP contribution in [0.25, 0.3) is 10.9 Å². The van der Waals surface area contributed by atoms with E-state index in [-0.39, 0.29) is 0 Å². The molecule has 2 aliphatic rings. The standard InChI is InChI=1S/C26H33N5O2/c27-26(32)31(24-19-21-7-1-2-10-22(21)28-24)13-4-3-12-29-14-16-30(17-15-29)23-11-5-8-20-9-6-18-33-25(20)23/h1-2,5,7-8,10-11,19,28H,3-4,6,9,12-18H2,(H2,27,32). The Morgan fingerprint density at radius 3 is 2.73 bits per heavy atom. The summed E-state index contributed by atoms with van der Waals surface area (Å²) >= 11 is 0. The van der Waals surface area contributed by atoms with Crippen LogP contribution in [0.2, 0.25) is 0 Å². The summed E-state index contributed by atoms with van der Waals surface area (Å²) < 4.78 is 6.01. The number of carbonyl (C=O) groups is 1. The normalized spacial score (nSPS) is 16.4. The van der Waals surface area contributed by atoms with Crippen LogP contribution in [0.15, 0.2) is 48.5 Å². The maximum atomic E-state index is 12.0. The highest BCUT2D eigenvalue weighted by atomic mass is 16.5. The van der Waals surface area contributed by atoms with Gasteiger partial charge in [0.05, 0.1) is 12.3 Å². The Bertz CT molecular complexity index is 1070. The number of rotatable bonds is 7. The number of unbranched alkanes of at least 4 members (excludes halogenated alkanes) is 1. The lowest BCUT2D eigenvalue weighted by Crippen LogP contribution is -2.47. The van der Waals surface area contributed by atoms with Crippen molar-refractivity contribution >= 4 is 28.4 Å². The molecule has 7 heteroatoms. The van der Waals surface area contributed by atoms with Gasteiger partial charge in [0, 0.05) is 43.6 Å². The van der Waals surface area contributed by atoms with Gasteiger partial charge in [-0.05, 0) is 56.0 Å². The van der Waals surface area contributed by atoms with Crippen molar-refractivity contribution in [3.63, 3.8) is 0 Å². The van der Waals surface area contributed by atoms with Crippen molar-refractivity contribution in [2.24, 2.45) is 5.73 Å². The summed E-state index contributed by atoms with van der Waals surface area (Å²) in [4.78, 5) is 22.0. The largest absolute Gasteiger partial charge is 0.491 e. The van der Waals surface area contributed by atoms with Crippen LogP contribution in [0.1, 0.15) is 24.8 Å². The van der Waals surface area contributed by atoms with Crippen molar-refractivity contribution in [2.45, 2.75) is 25.7 Å². The fourth-order valence-electron chi connectivity index (χ4n) is 4.99. The Morgan fingerprint density at radius 1 is 1.06 bits per heavy atom. The summed E-state index contributed by atoms with van der Waals surface area (Å²) in [6.45, 7) is 6.61. The van der Waals surface area contributed by atoms with Gasteiger partial charge in [0.1, 0.15) is 11.6 Å². The molecule has 1 saturated heterocycles. The van der Waals surface area contributed by atoms with Crippen molar-refractivity contribution in [3.8, 4) is 5.75 Å². The molecule has 0 aliphatic carbocycles. The van der Waals surface area contributed by atoms with Crippen LogP contribution in [0.3, 0.4) is 0 Å². The molecule has 3 N–H and O–H groups in total. The average Bonchev–Trinajstić information content (AvgIpc) is 3.27. The minimum Gasteiger partial charge on any atom is -0.491 e. The van der Waals surface area contributed by atoms with Gasteiger partial charge in [-0.3, -0.25) is 9.80 Å². The van der Waals surface area contributed by atoms with E-state index in [1.54, 1.807) is 4.90 Å². The SMILES string of the molecule is NC(=O)N(CCCCN1CCN(c2cccc3c2OCCC3)CC1)c1cc2ccccc2[nH]1. The van der Waals surface area contributed by atoms with Crippen LogP contribution in [0, 0.1) is 0 Å². The molecule has 0 unspecified atom stereocenters. The maximum Gasteiger partial charge on any atom is 0.320 e. The molecule has 7 nitrogen and oxygen atoms in total. The molecular formula is C26H33N5O2. The number of hydrogen-bond acceptors (Lipinski definition) is 4. The van der Waals surface area contributed by atoms with E-state index in [4.69, 9.17) is 10.5 Å². The number of primary amides is 1. The number of aromatic nitrogens is 1. The molecular weight excluding hydrogens is 414 g/mol. The maximum absolute atomic E-state index is 12.0. The highest BCUT2D eigenvalue weighted by molar-refractivity contribution is 5.94. The number of ether oxygens (including phenoxy) is 1. The molecule has 3 heterocycles. The summed E-state index contributed by atoms with van der Waals surface area (Å²) in [5.74, 6) is 1.87. The number of nitrogens with two attached hydrogens (primary N) is 1. The second kappa shape index (κ2) is 9.75. The van der Waals surface area contributed by atoms with Crippen molar-refractivity contribution in [1.29, 1.82) is 0 Å². The first-order chi connectivity index (χ1) is 16.2. The van der Waals surface area contributed by atoms with Crippen LogP contribution in [-0.2, 0) is 6.42 Å². The van der Waals surface area contributed by atoms with E-state index < -0.39 is 6.03 Å². The number of hydrogen-bond donors (Lipinski definition) is 2. The number of aromatic amines is 1. The molecule has 174 valence electrons. The quantitative estimate of drug-likeness (QED) is 0.537. The van der Waals surface area contributed by atoms with Crippen molar-refractivity contribution in [2.75, 3.05) is 55.7 Å². The summed E-state index contributed by atoms with van der Waals surface area (Å²) in [5, 5.41) is 1.08. The molecule has 1 fully saturated rings. The van der Waals surface area contributed by atoms with Gasteiger partial charge in [0.25, 0.3) is 0 Å². The number of benzene rings is 2. The molecule has 3 aromatic rings. The van der Waals surface area contributed by atoms with Gasteiger partial charge in [-0.25, -0.2) is 4.79 Å². The van der Waals surface area contributed by atoms with Gasteiger partial charge in [-0.15, -0.1) is 0 Å². The number of piperazine rings is 1. The molecule has 1 aromatic heterocycles. The smallest absolute Gasteiger partial charge is 0.320 e. The van der Waals surface area contributed by atoms with Gasteiger partial charge < -0.3 is 20.4 Å². The number of aryl methyl sites for hydroxylation is 1. The molecule has 5 rings (SSSR count). The minimum atomic E-state index is -0.413. The zero-order chi connectivity index (χ0) is 22.6. The van der Waals surface area contributed by atoms with E-state index in [0.29, 0.717) is 6.54 Å². The fraction of sp³-hybridized carbons (Fsp3) is 0.423. The zero-order valence-electron chi connectivity index (χ0n) is 19.1. The van der Waals surface area contributed by atoms with Crippen LogP contribution in [0.4, 0.5) is 16.3 Å².